The summed E-state index contributed by atoms with van der Waals surface area (Å²) in [5, 5.41) is 5.18. The predicted octanol–water partition coefficient (Wildman–Crippen LogP) is 3.40. The second-order valence-corrected chi connectivity index (χ2v) is 5.18. The molecule has 0 bridgehead atoms. The van der Waals surface area contributed by atoms with Crippen molar-refractivity contribution < 1.29 is 4.52 Å². The molecule has 3 rings (SSSR count). The Bertz CT molecular complexity index is 700. The summed E-state index contributed by atoms with van der Waals surface area (Å²) in [6, 6.07) is 7.22. The van der Waals surface area contributed by atoms with Crippen LogP contribution in [0.2, 0.25) is 5.02 Å². The van der Waals surface area contributed by atoms with Crippen LogP contribution in [0.1, 0.15) is 5.69 Å². The van der Waals surface area contributed by atoms with Gasteiger partial charge in [-0.05, 0) is 42.7 Å². The van der Waals surface area contributed by atoms with Crippen LogP contribution in [0.15, 0.2) is 28.8 Å². The smallest absolute Gasteiger partial charge is 0.263 e. The number of rotatable bonds is 2. The largest absolute Gasteiger partial charge is 0.389 e. The first-order valence-electron chi connectivity index (χ1n) is 5.47. The molecule has 1 aromatic carbocycles. The maximum absolute atomic E-state index is 5.85. The molecule has 2 N–H and O–H groups in total. The Morgan fingerprint density at radius 2 is 2.00 bits per heavy atom. The van der Waals surface area contributed by atoms with E-state index < -0.39 is 0 Å². The van der Waals surface area contributed by atoms with Crippen LogP contribution in [-0.4, -0.2) is 14.5 Å². The minimum absolute atomic E-state index is 0.383. The van der Waals surface area contributed by atoms with E-state index in [2.05, 4.69) is 14.5 Å². The van der Waals surface area contributed by atoms with Crippen LogP contribution in [0.25, 0.3) is 22.8 Å². The highest BCUT2D eigenvalue weighted by Gasteiger charge is 2.17. The van der Waals surface area contributed by atoms with E-state index in [1.54, 1.807) is 12.1 Å². The number of aromatic nitrogens is 3. The third-order valence-electron chi connectivity index (χ3n) is 2.63. The van der Waals surface area contributed by atoms with Crippen molar-refractivity contribution in [2.75, 3.05) is 5.73 Å². The first-order chi connectivity index (χ1) is 9.15. The molecule has 0 aliphatic rings. The number of nitrogen functional groups attached to an aromatic ring is 1. The number of hydrogen-bond donors (Lipinski definition) is 1. The van der Waals surface area contributed by atoms with Crippen LogP contribution >= 0.6 is 23.1 Å². The van der Waals surface area contributed by atoms with Crippen LogP contribution in [0.4, 0.5) is 5.00 Å². The minimum Gasteiger partial charge on any atom is -0.389 e. The van der Waals surface area contributed by atoms with E-state index in [0.29, 0.717) is 27.3 Å². The standard InChI is InChI=1S/C12H9ClN4OS/c1-6-9(10(14)19-17-6)12-15-11(16-18-12)7-2-4-8(13)5-3-7/h2-5H,14H2,1H3. The summed E-state index contributed by atoms with van der Waals surface area (Å²) in [6.07, 6.45) is 0. The van der Waals surface area contributed by atoms with Crippen LogP contribution in [0.5, 0.6) is 0 Å². The predicted molar refractivity (Wildman–Crippen MR) is 75.0 cm³/mol. The van der Waals surface area contributed by atoms with Crippen LogP contribution < -0.4 is 5.73 Å². The number of anilines is 1. The lowest BCUT2D eigenvalue weighted by molar-refractivity contribution is 0.432. The van der Waals surface area contributed by atoms with Crippen molar-refractivity contribution in [3.63, 3.8) is 0 Å². The number of aryl methyl sites for hydroxylation is 1. The molecule has 0 radical (unpaired) electrons. The molecule has 0 unspecified atom stereocenters. The molecule has 2 aromatic heterocycles. The quantitative estimate of drug-likeness (QED) is 0.783. The number of benzene rings is 1. The summed E-state index contributed by atoms with van der Waals surface area (Å²) < 4.78 is 9.41. The lowest BCUT2D eigenvalue weighted by atomic mass is 10.2. The van der Waals surface area contributed by atoms with Gasteiger partial charge < -0.3 is 10.3 Å². The van der Waals surface area contributed by atoms with Crippen molar-refractivity contribution in [1.29, 1.82) is 0 Å². The maximum atomic E-state index is 5.85. The molecule has 3 aromatic rings. The summed E-state index contributed by atoms with van der Waals surface area (Å²) in [5.74, 6) is 0.880. The van der Waals surface area contributed by atoms with Gasteiger partial charge in [-0.3, -0.25) is 0 Å². The fraction of sp³-hybridized carbons (Fsp3) is 0.0833. The molecular weight excluding hydrogens is 284 g/mol. The summed E-state index contributed by atoms with van der Waals surface area (Å²) >= 11 is 7.05. The summed E-state index contributed by atoms with van der Waals surface area (Å²) in [6.45, 7) is 1.86. The van der Waals surface area contributed by atoms with E-state index in [-0.39, 0.29) is 0 Å². The number of hydrogen-bond acceptors (Lipinski definition) is 6. The van der Waals surface area contributed by atoms with E-state index in [9.17, 15) is 0 Å². The molecule has 5 nitrogen and oxygen atoms in total. The molecule has 2 heterocycles. The van der Waals surface area contributed by atoms with Crippen molar-refractivity contribution in [2.45, 2.75) is 6.92 Å². The second kappa shape index (κ2) is 4.64. The Hall–Kier alpha value is -1.92. The van der Waals surface area contributed by atoms with Gasteiger partial charge in [-0.25, -0.2) is 0 Å². The first-order valence-corrected chi connectivity index (χ1v) is 6.62. The molecule has 0 fully saturated rings. The maximum Gasteiger partial charge on any atom is 0.263 e. The third-order valence-corrected chi connectivity index (χ3v) is 3.65. The van der Waals surface area contributed by atoms with Gasteiger partial charge in [0.2, 0.25) is 5.82 Å². The molecule has 0 saturated carbocycles. The van der Waals surface area contributed by atoms with E-state index in [1.165, 1.54) is 11.5 Å². The zero-order chi connectivity index (χ0) is 13.4. The topological polar surface area (TPSA) is 77.8 Å². The van der Waals surface area contributed by atoms with Gasteiger partial charge >= 0.3 is 0 Å². The van der Waals surface area contributed by atoms with Crippen LogP contribution in [-0.2, 0) is 0 Å². The van der Waals surface area contributed by atoms with Crippen LogP contribution in [0, 0.1) is 6.92 Å². The Morgan fingerprint density at radius 3 is 2.63 bits per heavy atom. The number of nitrogens with two attached hydrogens (primary N) is 1. The number of nitrogens with zero attached hydrogens (tertiary/aromatic N) is 3. The van der Waals surface area contributed by atoms with Gasteiger partial charge in [-0.2, -0.15) is 9.36 Å². The average Bonchev–Trinajstić information content (AvgIpc) is 2.98. The zero-order valence-electron chi connectivity index (χ0n) is 9.92. The second-order valence-electron chi connectivity index (χ2n) is 3.94. The lowest BCUT2D eigenvalue weighted by Crippen LogP contribution is -1.86. The van der Waals surface area contributed by atoms with Gasteiger partial charge in [0.25, 0.3) is 5.89 Å². The Morgan fingerprint density at radius 1 is 1.26 bits per heavy atom. The Kier molecular flexibility index (Phi) is 2.96. The van der Waals surface area contributed by atoms with Crippen molar-refractivity contribution in [1.82, 2.24) is 14.5 Å². The minimum atomic E-state index is 0.383. The van der Waals surface area contributed by atoms with Crippen LogP contribution in [0.3, 0.4) is 0 Å². The van der Waals surface area contributed by atoms with Crippen molar-refractivity contribution in [2.24, 2.45) is 0 Å². The highest BCUT2D eigenvalue weighted by atomic mass is 35.5. The highest BCUT2D eigenvalue weighted by Crippen LogP contribution is 2.32. The summed E-state index contributed by atoms with van der Waals surface area (Å²) in [5.41, 5.74) is 8.18. The molecule has 0 saturated heterocycles. The summed E-state index contributed by atoms with van der Waals surface area (Å²) in [4.78, 5) is 4.34. The monoisotopic (exact) mass is 292 g/mol. The average molecular weight is 293 g/mol. The molecule has 7 heteroatoms. The molecular formula is C12H9ClN4OS. The lowest BCUT2D eigenvalue weighted by Gasteiger charge is -1.93. The van der Waals surface area contributed by atoms with Gasteiger partial charge in [-0.15, -0.1) is 0 Å². The molecule has 96 valence electrons. The third kappa shape index (κ3) is 2.20. The Labute approximate surface area is 118 Å². The summed E-state index contributed by atoms with van der Waals surface area (Å²) in [7, 11) is 0. The van der Waals surface area contributed by atoms with E-state index >= 15 is 0 Å². The van der Waals surface area contributed by atoms with E-state index in [4.69, 9.17) is 21.9 Å². The van der Waals surface area contributed by atoms with Gasteiger partial charge in [0.05, 0.1) is 11.3 Å². The molecule has 0 spiro atoms. The number of halogens is 1. The first kappa shape index (κ1) is 12.1. The SMILES string of the molecule is Cc1nsc(N)c1-c1nc(-c2ccc(Cl)cc2)no1. The van der Waals surface area contributed by atoms with Gasteiger partial charge in [0, 0.05) is 10.6 Å². The van der Waals surface area contributed by atoms with Gasteiger partial charge in [0.15, 0.2) is 0 Å². The van der Waals surface area contributed by atoms with Gasteiger partial charge in [0.1, 0.15) is 5.00 Å². The van der Waals surface area contributed by atoms with E-state index in [0.717, 1.165) is 11.3 Å². The highest BCUT2D eigenvalue weighted by molar-refractivity contribution is 7.10. The molecule has 19 heavy (non-hydrogen) atoms. The van der Waals surface area contributed by atoms with Crippen molar-refractivity contribution in [3.05, 3.63) is 35.0 Å². The van der Waals surface area contributed by atoms with Crippen molar-refractivity contribution >= 4 is 28.1 Å². The van der Waals surface area contributed by atoms with E-state index in [1.807, 2.05) is 19.1 Å². The molecule has 0 amide bonds. The van der Waals surface area contributed by atoms with Gasteiger partial charge in [-0.1, -0.05) is 16.8 Å². The fourth-order valence-electron chi connectivity index (χ4n) is 1.69. The molecule has 0 aliphatic carbocycles. The Balaban J connectivity index is 2.02. The fourth-order valence-corrected chi connectivity index (χ4v) is 2.47. The molecule has 0 aliphatic heterocycles. The zero-order valence-corrected chi connectivity index (χ0v) is 11.5. The normalized spacial score (nSPS) is 10.8. The molecule has 0 atom stereocenters. The van der Waals surface area contributed by atoms with Crippen molar-refractivity contribution in [3.8, 4) is 22.8 Å².